The number of hydrogen-bond donors (Lipinski definition) is 2. The van der Waals surface area contributed by atoms with E-state index in [0.29, 0.717) is 5.96 Å². The van der Waals surface area contributed by atoms with Gasteiger partial charge in [0.25, 0.3) is 0 Å². The van der Waals surface area contributed by atoms with E-state index >= 15 is 0 Å². The van der Waals surface area contributed by atoms with Gasteiger partial charge in [-0.1, -0.05) is 29.8 Å². The van der Waals surface area contributed by atoms with Crippen molar-refractivity contribution in [2.45, 2.75) is 19.8 Å². The van der Waals surface area contributed by atoms with Gasteiger partial charge in [-0.25, -0.2) is 0 Å². The molecule has 0 atom stereocenters. The van der Waals surface area contributed by atoms with Crippen molar-refractivity contribution in [2.24, 2.45) is 10.7 Å². The highest BCUT2D eigenvalue weighted by Crippen LogP contribution is 2.13. The Morgan fingerprint density at radius 1 is 1.04 bits per heavy atom. The van der Waals surface area contributed by atoms with Crippen molar-refractivity contribution >= 4 is 17.3 Å². The van der Waals surface area contributed by atoms with Crippen LogP contribution in [0.15, 0.2) is 53.5 Å². The Bertz CT molecular complexity index is 627. The van der Waals surface area contributed by atoms with Gasteiger partial charge in [-0.2, -0.15) is 0 Å². The van der Waals surface area contributed by atoms with Gasteiger partial charge in [0.15, 0.2) is 5.96 Å². The smallest absolute Gasteiger partial charge is 0.193 e. The molecule has 3 N–H and O–H groups in total. The van der Waals surface area contributed by atoms with Gasteiger partial charge in [0, 0.05) is 32.0 Å². The molecule has 4 nitrogen and oxygen atoms in total. The predicted octanol–water partition coefficient (Wildman–Crippen LogP) is 3.42. The summed E-state index contributed by atoms with van der Waals surface area (Å²) in [7, 11) is 4.10. The Hall–Kier alpha value is -2.49. The highest BCUT2D eigenvalue weighted by Gasteiger charge is 1.98. The summed E-state index contributed by atoms with van der Waals surface area (Å²) in [6.45, 7) is 2.78. The molecule has 0 fully saturated rings. The van der Waals surface area contributed by atoms with Crippen LogP contribution in [0.2, 0.25) is 0 Å². The van der Waals surface area contributed by atoms with Crippen LogP contribution in [0.4, 0.5) is 11.4 Å². The van der Waals surface area contributed by atoms with Crippen LogP contribution in [0.25, 0.3) is 0 Å². The van der Waals surface area contributed by atoms with Crippen molar-refractivity contribution in [3.8, 4) is 0 Å². The fraction of sp³-hybridized carbons (Fsp3) is 0.316. The highest BCUT2D eigenvalue weighted by molar-refractivity contribution is 5.92. The summed E-state index contributed by atoms with van der Waals surface area (Å²) in [5.74, 6) is 0.469. The van der Waals surface area contributed by atoms with Gasteiger partial charge in [0.1, 0.15) is 0 Å². The summed E-state index contributed by atoms with van der Waals surface area (Å²) in [5.41, 5.74) is 10.7. The Kier molecular flexibility index (Phi) is 6.03. The van der Waals surface area contributed by atoms with Gasteiger partial charge >= 0.3 is 0 Å². The van der Waals surface area contributed by atoms with Crippen LogP contribution in [0.5, 0.6) is 0 Å². The molecule has 2 aromatic rings. The van der Waals surface area contributed by atoms with Crippen molar-refractivity contribution in [3.63, 3.8) is 0 Å². The molecule has 0 radical (unpaired) electrons. The monoisotopic (exact) mass is 310 g/mol. The predicted molar refractivity (Wildman–Crippen MR) is 100 cm³/mol. The fourth-order valence-corrected chi connectivity index (χ4v) is 2.27. The van der Waals surface area contributed by atoms with Crippen LogP contribution in [-0.2, 0) is 6.42 Å². The van der Waals surface area contributed by atoms with Crippen molar-refractivity contribution in [1.29, 1.82) is 0 Å². The third-order valence-corrected chi connectivity index (χ3v) is 3.68. The molecular weight excluding hydrogens is 284 g/mol. The lowest BCUT2D eigenvalue weighted by atomic mass is 10.1. The maximum absolute atomic E-state index is 5.91. The molecule has 0 heterocycles. The zero-order valence-corrected chi connectivity index (χ0v) is 14.2. The molecule has 4 heteroatoms. The topological polar surface area (TPSA) is 53.6 Å². The Morgan fingerprint density at radius 3 is 2.30 bits per heavy atom. The summed E-state index contributed by atoms with van der Waals surface area (Å²) in [6, 6.07) is 16.7. The second kappa shape index (κ2) is 8.22. The van der Waals surface area contributed by atoms with Crippen LogP contribution in [0.3, 0.4) is 0 Å². The molecule has 0 bridgehead atoms. The van der Waals surface area contributed by atoms with Crippen LogP contribution >= 0.6 is 0 Å². The van der Waals surface area contributed by atoms with Crippen LogP contribution < -0.4 is 16.0 Å². The Morgan fingerprint density at radius 2 is 1.70 bits per heavy atom. The second-order valence-electron chi connectivity index (χ2n) is 5.92. The van der Waals surface area contributed by atoms with Crippen molar-refractivity contribution in [3.05, 3.63) is 59.7 Å². The molecule has 0 unspecified atom stereocenters. The summed E-state index contributed by atoms with van der Waals surface area (Å²) in [5, 5.41) is 3.11. The molecule has 0 aliphatic rings. The van der Waals surface area contributed by atoms with Gasteiger partial charge < -0.3 is 16.0 Å². The number of nitrogens with one attached hydrogen (secondary N) is 1. The van der Waals surface area contributed by atoms with E-state index in [9.17, 15) is 0 Å². The summed E-state index contributed by atoms with van der Waals surface area (Å²) >= 11 is 0. The lowest BCUT2D eigenvalue weighted by Crippen LogP contribution is -2.22. The Labute approximate surface area is 139 Å². The van der Waals surface area contributed by atoms with Gasteiger partial charge in [0.2, 0.25) is 0 Å². The number of nitrogens with zero attached hydrogens (tertiary/aromatic N) is 2. The van der Waals surface area contributed by atoms with Gasteiger partial charge in [-0.3, -0.25) is 4.99 Å². The second-order valence-corrected chi connectivity index (χ2v) is 5.92. The normalized spacial score (nSPS) is 11.3. The van der Waals surface area contributed by atoms with E-state index in [1.807, 2.05) is 38.4 Å². The average Bonchev–Trinajstić information content (AvgIpc) is 2.54. The SMILES string of the molecule is Cc1ccc(NC(N)=NCCCc2ccc(N(C)C)cc2)cc1. The molecule has 0 aliphatic carbocycles. The molecule has 2 rings (SSSR count). The average molecular weight is 310 g/mol. The quantitative estimate of drug-likeness (QED) is 0.488. The lowest BCUT2D eigenvalue weighted by Gasteiger charge is -2.12. The maximum atomic E-state index is 5.91. The number of aliphatic imine (C=N–C) groups is 1. The number of aryl methyl sites for hydroxylation is 2. The van der Waals surface area contributed by atoms with Crippen molar-refractivity contribution < 1.29 is 0 Å². The highest BCUT2D eigenvalue weighted by atomic mass is 15.1. The third kappa shape index (κ3) is 5.66. The van der Waals surface area contributed by atoms with E-state index in [1.165, 1.54) is 16.8 Å². The summed E-state index contributed by atoms with van der Waals surface area (Å²) in [6.07, 6.45) is 1.99. The van der Waals surface area contributed by atoms with Gasteiger partial charge in [0.05, 0.1) is 0 Å². The van der Waals surface area contributed by atoms with E-state index in [1.54, 1.807) is 0 Å². The largest absolute Gasteiger partial charge is 0.378 e. The van der Waals surface area contributed by atoms with Crippen LogP contribution in [-0.4, -0.2) is 26.6 Å². The molecule has 23 heavy (non-hydrogen) atoms. The lowest BCUT2D eigenvalue weighted by molar-refractivity contribution is 0.832. The first-order chi connectivity index (χ1) is 11.0. The fourth-order valence-electron chi connectivity index (χ4n) is 2.27. The standard InChI is InChI=1S/C19H26N4/c1-15-6-10-17(11-7-15)22-19(20)21-14-4-5-16-8-12-18(13-9-16)23(2)3/h6-13H,4-5,14H2,1-3H3,(H3,20,21,22). The molecule has 0 aliphatic heterocycles. The molecule has 0 saturated carbocycles. The maximum Gasteiger partial charge on any atom is 0.193 e. The van der Waals surface area contributed by atoms with E-state index in [-0.39, 0.29) is 0 Å². The minimum atomic E-state index is 0.469. The van der Waals surface area contributed by atoms with E-state index in [2.05, 4.69) is 46.4 Å². The molecule has 0 amide bonds. The number of hydrogen-bond acceptors (Lipinski definition) is 2. The number of guanidine groups is 1. The Balaban J connectivity index is 1.76. The molecule has 0 saturated heterocycles. The van der Waals surface area contributed by atoms with E-state index in [4.69, 9.17) is 5.73 Å². The number of anilines is 2. The van der Waals surface area contributed by atoms with E-state index < -0.39 is 0 Å². The van der Waals surface area contributed by atoms with E-state index in [0.717, 1.165) is 25.1 Å². The van der Waals surface area contributed by atoms with Gasteiger partial charge in [-0.05, 0) is 49.6 Å². The molecular formula is C19H26N4. The first-order valence-corrected chi connectivity index (χ1v) is 7.94. The number of benzene rings is 2. The zero-order chi connectivity index (χ0) is 16.7. The first kappa shape index (κ1) is 16.9. The van der Waals surface area contributed by atoms with Crippen LogP contribution in [0.1, 0.15) is 17.5 Å². The minimum Gasteiger partial charge on any atom is -0.378 e. The molecule has 0 spiro atoms. The zero-order valence-electron chi connectivity index (χ0n) is 14.2. The molecule has 122 valence electrons. The third-order valence-electron chi connectivity index (χ3n) is 3.68. The number of nitrogens with two attached hydrogens (primary N) is 1. The van der Waals surface area contributed by atoms with Crippen molar-refractivity contribution in [1.82, 2.24) is 0 Å². The molecule has 2 aromatic carbocycles. The summed E-state index contributed by atoms with van der Waals surface area (Å²) in [4.78, 5) is 6.48. The van der Waals surface area contributed by atoms with Gasteiger partial charge in [-0.15, -0.1) is 0 Å². The van der Waals surface area contributed by atoms with Crippen LogP contribution in [0, 0.1) is 6.92 Å². The molecule has 0 aromatic heterocycles. The minimum absolute atomic E-state index is 0.469. The summed E-state index contributed by atoms with van der Waals surface area (Å²) < 4.78 is 0. The van der Waals surface area contributed by atoms with Crippen molar-refractivity contribution in [2.75, 3.05) is 30.9 Å². The number of rotatable bonds is 6. The first-order valence-electron chi connectivity index (χ1n) is 7.94.